The van der Waals surface area contributed by atoms with Crippen molar-refractivity contribution in [3.8, 4) is 0 Å². The van der Waals surface area contributed by atoms with Gasteiger partial charge < -0.3 is 4.98 Å². The van der Waals surface area contributed by atoms with Crippen molar-refractivity contribution >= 4 is 17.5 Å². The summed E-state index contributed by atoms with van der Waals surface area (Å²) >= 11 is 0. The van der Waals surface area contributed by atoms with Gasteiger partial charge in [0.05, 0.1) is 17.1 Å². The molecule has 3 heteroatoms. The first-order valence-electron chi connectivity index (χ1n) is 12.2. The Hall–Kier alpha value is -2.42. The highest BCUT2D eigenvalue weighted by atomic mass is 14.8. The summed E-state index contributed by atoms with van der Waals surface area (Å²) in [6, 6.07) is 0. The van der Waals surface area contributed by atoms with Gasteiger partial charge in [0, 0.05) is 17.1 Å². The maximum Gasteiger partial charge on any atom is 0.0694 e. The molecule has 0 amide bonds. The molecule has 2 aliphatic heterocycles. The highest BCUT2D eigenvalue weighted by Gasteiger charge is 2.24. The molecule has 3 rings (SSSR count). The highest BCUT2D eigenvalue weighted by molar-refractivity contribution is 6.14. The van der Waals surface area contributed by atoms with E-state index in [1.54, 1.807) is 0 Å². The Morgan fingerprint density at radius 2 is 1.16 bits per heavy atom. The van der Waals surface area contributed by atoms with E-state index in [9.17, 15) is 0 Å². The zero-order valence-corrected chi connectivity index (χ0v) is 20.8. The van der Waals surface area contributed by atoms with Crippen molar-refractivity contribution in [2.45, 2.75) is 93.9 Å². The van der Waals surface area contributed by atoms with E-state index in [2.05, 4.69) is 72.5 Å². The van der Waals surface area contributed by atoms with Crippen LogP contribution in [0.3, 0.4) is 0 Å². The molecule has 1 aromatic heterocycles. The second-order valence-corrected chi connectivity index (χ2v) is 8.41. The summed E-state index contributed by atoms with van der Waals surface area (Å²) in [6.07, 6.45) is 10.6. The van der Waals surface area contributed by atoms with E-state index >= 15 is 0 Å². The quantitative estimate of drug-likeness (QED) is 0.447. The maximum atomic E-state index is 5.15. The molecule has 0 atom stereocenters. The SMILES string of the molecule is CCC1=C(CC)/C(=C/C2=NC(=C/c3[nH]c(C)c(CC)c3CC)/C(CC)=C2CC)N=C1C. The van der Waals surface area contributed by atoms with Gasteiger partial charge in [0.25, 0.3) is 0 Å². The van der Waals surface area contributed by atoms with Crippen LogP contribution in [0.5, 0.6) is 0 Å². The lowest BCUT2D eigenvalue weighted by atomic mass is 9.96. The van der Waals surface area contributed by atoms with Crippen molar-refractivity contribution in [2.75, 3.05) is 0 Å². The minimum absolute atomic E-state index is 0.988. The van der Waals surface area contributed by atoms with Gasteiger partial charge in [-0.05, 0) is 97.9 Å². The predicted octanol–water partition coefficient (Wildman–Crippen LogP) is 7.84. The molecule has 1 N–H and O–H groups in total. The van der Waals surface area contributed by atoms with E-state index in [0.717, 1.165) is 55.6 Å². The van der Waals surface area contributed by atoms with Crippen LogP contribution >= 0.6 is 0 Å². The molecular weight excluding hydrogens is 378 g/mol. The van der Waals surface area contributed by atoms with Crippen molar-refractivity contribution in [1.29, 1.82) is 0 Å². The fourth-order valence-corrected chi connectivity index (χ4v) is 5.29. The number of aliphatic imine (C=N–C) groups is 2. The Labute approximate surface area is 188 Å². The van der Waals surface area contributed by atoms with E-state index in [1.165, 1.54) is 50.5 Å². The summed E-state index contributed by atoms with van der Waals surface area (Å²) in [4.78, 5) is 13.7. The van der Waals surface area contributed by atoms with Gasteiger partial charge in [0.2, 0.25) is 0 Å². The predicted molar refractivity (Wildman–Crippen MR) is 136 cm³/mol. The number of aromatic amines is 1. The van der Waals surface area contributed by atoms with Gasteiger partial charge >= 0.3 is 0 Å². The summed E-state index contributed by atoms with van der Waals surface area (Å²) in [6.45, 7) is 17.7. The van der Waals surface area contributed by atoms with Crippen LogP contribution in [0.25, 0.3) is 6.08 Å². The molecule has 0 aromatic carbocycles. The lowest BCUT2D eigenvalue weighted by molar-refractivity contribution is 1.04. The smallest absolute Gasteiger partial charge is 0.0694 e. The van der Waals surface area contributed by atoms with E-state index < -0.39 is 0 Å². The highest BCUT2D eigenvalue weighted by Crippen LogP contribution is 2.36. The number of aryl methyl sites for hydroxylation is 1. The molecule has 166 valence electrons. The number of nitrogens with zero attached hydrogens (tertiary/aromatic N) is 2. The van der Waals surface area contributed by atoms with Gasteiger partial charge in [-0.15, -0.1) is 0 Å². The molecule has 0 aliphatic carbocycles. The maximum absolute atomic E-state index is 5.15. The van der Waals surface area contributed by atoms with Gasteiger partial charge in [-0.1, -0.05) is 41.5 Å². The number of nitrogens with one attached hydrogen (secondary N) is 1. The van der Waals surface area contributed by atoms with Gasteiger partial charge in [-0.2, -0.15) is 0 Å². The number of aromatic nitrogens is 1. The third kappa shape index (κ3) is 4.20. The van der Waals surface area contributed by atoms with E-state index in [4.69, 9.17) is 9.98 Å². The van der Waals surface area contributed by atoms with Crippen LogP contribution in [0, 0.1) is 6.92 Å². The molecule has 0 bridgehead atoms. The lowest BCUT2D eigenvalue weighted by Crippen LogP contribution is -1.98. The number of rotatable bonds is 8. The minimum atomic E-state index is 0.988. The number of hydrogen-bond donors (Lipinski definition) is 1. The molecular formula is C28H39N3. The Morgan fingerprint density at radius 1 is 0.613 bits per heavy atom. The summed E-state index contributed by atoms with van der Waals surface area (Å²) in [5.74, 6) is 0. The minimum Gasteiger partial charge on any atom is -0.359 e. The molecule has 0 fully saturated rings. The normalized spacial score (nSPS) is 19.4. The second-order valence-electron chi connectivity index (χ2n) is 8.41. The van der Waals surface area contributed by atoms with Crippen LogP contribution in [0.15, 0.2) is 49.7 Å². The first-order valence-corrected chi connectivity index (χ1v) is 12.2. The van der Waals surface area contributed by atoms with Crippen LogP contribution in [-0.4, -0.2) is 16.4 Å². The molecule has 0 unspecified atom stereocenters. The molecule has 2 aliphatic rings. The number of hydrogen-bond acceptors (Lipinski definition) is 2. The summed E-state index contributed by atoms with van der Waals surface area (Å²) < 4.78 is 0. The van der Waals surface area contributed by atoms with Gasteiger partial charge in [0.15, 0.2) is 0 Å². The van der Waals surface area contributed by atoms with Crippen LogP contribution in [0.2, 0.25) is 0 Å². The van der Waals surface area contributed by atoms with E-state index in [-0.39, 0.29) is 0 Å². The summed E-state index contributed by atoms with van der Waals surface area (Å²) in [7, 11) is 0. The summed E-state index contributed by atoms with van der Waals surface area (Å²) in [5, 5.41) is 0. The van der Waals surface area contributed by atoms with Gasteiger partial charge in [-0.25, -0.2) is 4.99 Å². The van der Waals surface area contributed by atoms with E-state index in [1.807, 2.05) is 0 Å². The molecule has 0 saturated heterocycles. The zero-order chi connectivity index (χ0) is 22.7. The average molecular weight is 418 g/mol. The van der Waals surface area contributed by atoms with Gasteiger partial charge in [0.1, 0.15) is 0 Å². The Kier molecular flexibility index (Phi) is 7.35. The topological polar surface area (TPSA) is 40.5 Å². The molecule has 0 radical (unpaired) electrons. The average Bonchev–Trinajstić information content (AvgIpc) is 3.36. The van der Waals surface area contributed by atoms with Crippen molar-refractivity contribution < 1.29 is 0 Å². The number of H-pyrrole nitrogens is 1. The number of allylic oxidation sites excluding steroid dienone is 5. The van der Waals surface area contributed by atoms with E-state index in [0.29, 0.717) is 0 Å². The van der Waals surface area contributed by atoms with Gasteiger partial charge in [-0.3, -0.25) is 4.99 Å². The molecule has 1 aromatic rings. The van der Waals surface area contributed by atoms with Crippen LogP contribution in [-0.2, 0) is 12.8 Å². The van der Waals surface area contributed by atoms with Crippen molar-refractivity contribution in [3.63, 3.8) is 0 Å². The van der Waals surface area contributed by atoms with Crippen LogP contribution < -0.4 is 0 Å². The lowest BCUT2D eigenvalue weighted by Gasteiger charge is -2.06. The second kappa shape index (κ2) is 9.80. The third-order valence-corrected chi connectivity index (χ3v) is 6.76. The summed E-state index contributed by atoms with van der Waals surface area (Å²) in [5.41, 5.74) is 15.4. The monoisotopic (exact) mass is 417 g/mol. The largest absolute Gasteiger partial charge is 0.359 e. The van der Waals surface area contributed by atoms with Crippen molar-refractivity contribution in [1.82, 2.24) is 4.98 Å². The molecule has 3 nitrogen and oxygen atoms in total. The third-order valence-electron chi connectivity index (χ3n) is 6.76. The zero-order valence-electron chi connectivity index (χ0n) is 20.8. The van der Waals surface area contributed by atoms with Crippen LogP contribution in [0.1, 0.15) is 96.7 Å². The Balaban J connectivity index is 2.13. The molecule has 0 spiro atoms. The first-order chi connectivity index (χ1) is 14.9. The Bertz CT molecular complexity index is 1050. The Morgan fingerprint density at radius 3 is 1.71 bits per heavy atom. The first kappa shape index (κ1) is 23.2. The van der Waals surface area contributed by atoms with Crippen molar-refractivity contribution in [2.24, 2.45) is 9.98 Å². The fraction of sp³-hybridized carbons (Fsp3) is 0.500. The molecule has 31 heavy (non-hydrogen) atoms. The van der Waals surface area contributed by atoms with Crippen molar-refractivity contribution in [3.05, 3.63) is 62.3 Å². The van der Waals surface area contributed by atoms with Crippen LogP contribution in [0.4, 0.5) is 0 Å². The standard InChI is InChI=1S/C28H39N3/c1-9-19-17(7)29-25(21(19)11-3)15-27-23(13-5)24(14-6)28(31-27)16-26-22(12-4)20(10-2)18(8)30-26/h15-16,29H,9-14H2,1-8H3/b26-16-,27-15+. The molecule has 3 heterocycles. The molecule has 0 saturated carbocycles. The fourth-order valence-electron chi connectivity index (χ4n) is 5.29.